The Bertz CT molecular complexity index is 367. The van der Waals surface area contributed by atoms with Crippen LogP contribution in [0.25, 0.3) is 0 Å². The van der Waals surface area contributed by atoms with E-state index in [1.165, 1.54) is 5.56 Å². The largest absolute Gasteiger partial charge is 0.305 e. The van der Waals surface area contributed by atoms with E-state index in [2.05, 4.69) is 46.0 Å². The van der Waals surface area contributed by atoms with Gasteiger partial charge in [0.1, 0.15) is 0 Å². The zero-order valence-corrected chi connectivity index (χ0v) is 10.7. The lowest BCUT2D eigenvalue weighted by Crippen LogP contribution is -2.22. The fourth-order valence-electron chi connectivity index (χ4n) is 1.51. The van der Waals surface area contributed by atoms with Crippen molar-refractivity contribution in [1.29, 1.82) is 5.26 Å². The van der Waals surface area contributed by atoms with Gasteiger partial charge in [0.2, 0.25) is 0 Å². The van der Waals surface area contributed by atoms with Crippen LogP contribution in [0.1, 0.15) is 24.4 Å². The van der Waals surface area contributed by atoms with Crippen LogP contribution in [0.3, 0.4) is 0 Å². The van der Waals surface area contributed by atoms with E-state index < -0.39 is 0 Å². The number of nitriles is 1. The zero-order chi connectivity index (χ0) is 11.8. The fraction of sp³-hybridized carbons (Fsp3) is 0.308. The lowest BCUT2D eigenvalue weighted by atomic mass is 10.0. The Hall–Kier alpha value is -1.11. The quantitative estimate of drug-likeness (QED) is 0.864. The van der Waals surface area contributed by atoms with Gasteiger partial charge in [-0.2, -0.15) is 5.26 Å². The molecule has 3 heteroatoms. The van der Waals surface area contributed by atoms with Crippen molar-refractivity contribution in [3.05, 3.63) is 47.0 Å². The predicted octanol–water partition coefficient (Wildman–Crippen LogP) is 3.53. The molecule has 0 aliphatic heterocycles. The summed E-state index contributed by atoms with van der Waals surface area (Å²) in [6.45, 7) is 4.50. The van der Waals surface area contributed by atoms with Crippen LogP contribution in [-0.4, -0.2) is 6.54 Å². The summed E-state index contributed by atoms with van der Waals surface area (Å²) in [5.74, 6) is 0. The first-order chi connectivity index (χ1) is 7.74. The molecule has 0 amide bonds. The summed E-state index contributed by atoms with van der Waals surface area (Å²) >= 11 is 3.32. The van der Waals surface area contributed by atoms with Crippen molar-refractivity contribution in [1.82, 2.24) is 5.32 Å². The minimum Gasteiger partial charge on any atom is -0.305 e. The SMILES string of the molecule is C=C(Br)CN[C@@H](CCC#N)c1ccccc1. The van der Waals surface area contributed by atoms with Crippen molar-refractivity contribution < 1.29 is 0 Å². The Kier molecular flexibility index (Phi) is 5.84. The van der Waals surface area contributed by atoms with Gasteiger partial charge in [0.25, 0.3) is 0 Å². The van der Waals surface area contributed by atoms with Gasteiger partial charge in [-0.15, -0.1) is 0 Å². The van der Waals surface area contributed by atoms with Gasteiger partial charge in [0.15, 0.2) is 0 Å². The van der Waals surface area contributed by atoms with Crippen LogP contribution >= 0.6 is 15.9 Å². The molecule has 1 aromatic carbocycles. The third-order valence-electron chi connectivity index (χ3n) is 2.29. The average molecular weight is 279 g/mol. The third kappa shape index (κ3) is 4.61. The van der Waals surface area contributed by atoms with Gasteiger partial charge in [-0.25, -0.2) is 0 Å². The normalized spacial score (nSPS) is 11.8. The molecule has 84 valence electrons. The van der Waals surface area contributed by atoms with Gasteiger partial charge < -0.3 is 5.32 Å². The summed E-state index contributed by atoms with van der Waals surface area (Å²) in [4.78, 5) is 0. The maximum atomic E-state index is 8.63. The molecular formula is C13H15BrN2. The van der Waals surface area contributed by atoms with E-state index >= 15 is 0 Å². The summed E-state index contributed by atoms with van der Waals surface area (Å²) < 4.78 is 0.922. The van der Waals surface area contributed by atoms with Crippen molar-refractivity contribution in [2.24, 2.45) is 0 Å². The molecule has 0 fully saturated rings. The molecule has 0 spiro atoms. The van der Waals surface area contributed by atoms with Gasteiger partial charge in [-0.1, -0.05) is 52.8 Å². The monoisotopic (exact) mass is 278 g/mol. The Balaban J connectivity index is 2.64. The molecule has 0 aliphatic carbocycles. The highest BCUT2D eigenvalue weighted by atomic mass is 79.9. The highest BCUT2D eigenvalue weighted by Gasteiger charge is 2.09. The Morgan fingerprint density at radius 3 is 2.69 bits per heavy atom. The molecule has 1 atom stereocenters. The lowest BCUT2D eigenvalue weighted by molar-refractivity contribution is 0.533. The topological polar surface area (TPSA) is 35.8 Å². The van der Waals surface area contributed by atoms with Crippen LogP contribution in [0.2, 0.25) is 0 Å². The predicted molar refractivity (Wildman–Crippen MR) is 70.1 cm³/mol. The Labute approximate surface area is 105 Å². The first-order valence-corrected chi connectivity index (χ1v) is 6.02. The van der Waals surface area contributed by atoms with E-state index in [1.807, 2.05) is 18.2 Å². The molecule has 1 aromatic rings. The minimum absolute atomic E-state index is 0.218. The average Bonchev–Trinajstić information content (AvgIpc) is 2.30. The minimum atomic E-state index is 0.218. The number of nitrogens with zero attached hydrogens (tertiary/aromatic N) is 1. The Morgan fingerprint density at radius 1 is 1.44 bits per heavy atom. The van der Waals surface area contributed by atoms with Crippen LogP contribution in [0.15, 0.2) is 41.4 Å². The van der Waals surface area contributed by atoms with Crippen LogP contribution in [0.5, 0.6) is 0 Å². The number of hydrogen-bond acceptors (Lipinski definition) is 2. The molecule has 0 saturated heterocycles. The van der Waals surface area contributed by atoms with Crippen LogP contribution < -0.4 is 5.32 Å². The van der Waals surface area contributed by atoms with Crippen molar-refractivity contribution in [3.63, 3.8) is 0 Å². The van der Waals surface area contributed by atoms with Crippen molar-refractivity contribution in [2.75, 3.05) is 6.54 Å². The molecule has 1 rings (SSSR count). The molecule has 0 saturated carbocycles. The number of halogens is 1. The van der Waals surface area contributed by atoms with E-state index in [4.69, 9.17) is 5.26 Å². The molecular weight excluding hydrogens is 264 g/mol. The number of hydrogen-bond donors (Lipinski definition) is 1. The van der Waals surface area contributed by atoms with E-state index in [0.717, 1.165) is 10.9 Å². The first kappa shape index (κ1) is 13.0. The van der Waals surface area contributed by atoms with Crippen LogP contribution in [0.4, 0.5) is 0 Å². The summed E-state index contributed by atoms with van der Waals surface area (Å²) in [6.07, 6.45) is 1.38. The molecule has 0 aliphatic rings. The zero-order valence-electron chi connectivity index (χ0n) is 9.12. The standard InChI is InChI=1S/C13H15BrN2/c1-11(14)10-16-13(8-5-9-15)12-6-3-2-4-7-12/h2-4,6-7,13,16H,1,5,8,10H2/t13-/m0/s1. The fourth-order valence-corrected chi connectivity index (χ4v) is 1.68. The second-order valence-corrected chi connectivity index (χ2v) is 4.68. The van der Waals surface area contributed by atoms with Gasteiger partial charge in [0, 0.05) is 23.5 Å². The highest BCUT2D eigenvalue weighted by molar-refractivity contribution is 9.11. The maximum Gasteiger partial charge on any atom is 0.0622 e. The smallest absolute Gasteiger partial charge is 0.0622 e. The van der Waals surface area contributed by atoms with Gasteiger partial charge in [-0.3, -0.25) is 0 Å². The van der Waals surface area contributed by atoms with Gasteiger partial charge in [0.05, 0.1) is 6.07 Å². The highest BCUT2D eigenvalue weighted by Crippen LogP contribution is 2.18. The molecule has 0 heterocycles. The van der Waals surface area contributed by atoms with E-state index in [0.29, 0.717) is 13.0 Å². The second-order valence-electron chi connectivity index (χ2n) is 3.56. The molecule has 0 bridgehead atoms. The molecule has 0 radical (unpaired) electrons. The molecule has 16 heavy (non-hydrogen) atoms. The van der Waals surface area contributed by atoms with E-state index in [1.54, 1.807) is 0 Å². The lowest BCUT2D eigenvalue weighted by Gasteiger charge is -2.17. The van der Waals surface area contributed by atoms with Crippen molar-refractivity contribution in [2.45, 2.75) is 18.9 Å². The van der Waals surface area contributed by atoms with Gasteiger partial charge >= 0.3 is 0 Å². The summed E-state index contributed by atoms with van der Waals surface area (Å²) in [5.41, 5.74) is 1.21. The summed E-state index contributed by atoms with van der Waals surface area (Å²) in [5, 5.41) is 12.0. The van der Waals surface area contributed by atoms with Crippen molar-refractivity contribution >= 4 is 15.9 Å². The summed E-state index contributed by atoms with van der Waals surface area (Å²) in [6, 6.07) is 12.6. The van der Waals surface area contributed by atoms with Crippen LogP contribution in [-0.2, 0) is 0 Å². The van der Waals surface area contributed by atoms with Crippen molar-refractivity contribution in [3.8, 4) is 6.07 Å². The number of nitrogens with one attached hydrogen (secondary N) is 1. The first-order valence-electron chi connectivity index (χ1n) is 5.22. The number of benzene rings is 1. The third-order valence-corrected chi connectivity index (χ3v) is 2.57. The molecule has 2 nitrogen and oxygen atoms in total. The molecule has 1 N–H and O–H groups in total. The molecule has 0 unspecified atom stereocenters. The van der Waals surface area contributed by atoms with E-state index in [9.17, 15) is 0 Å². The number of rotatable bonds is 6. The summed E-state index contributed by atoms with van der Waals surface area (Å²) in [7, 11) is 0. The van der Waals surface area contributed by atoms with Gasteiger partial charge in [-0.05, 0) is 12.0 Å². The Morgan fingerprint density at radius 2 is 2.12 bits per heavy atom. The molecule has 0 aromatic heterocycles. The van der Waals surface area contributed by atoms with Crippen LogP contribution in [0, 0.1) is 11.3 Å². The van der Waals surface area contributed by atoms with E-state index in [-0.39, 0.29) is 6.04 Å². The maximum absolute atomic E-state index is 8.63. The second kappa shape index (κ2) is 7.21.